The molecule has 4 heteroatoms. The molecule has 3 rings (SSSR count). The van der Waals surface area contributed by atoms with E-state index in [0.29, 0.717) is 29.7 Å². The van der Waals surface area contributed by atoms with E-state index in [1.54, 1.807) is 19.2 Å². The summed E-state index contributed by atoms with van der Waals surface area (Å²) in [6, 6.07) is 8.90. The number of halogens is 2. The third kappa shape index (κ3) is 2.52. The molecule has 1 aliphatic rings. The van der Waals surface area contributed by atoms with Gasteiger partial charge in [0.05, 0.1) is 7.11 Å². The summed E-state index contributed by atoms with van der Waals surface area (Å²) in [6.07, 6.45) is 2.41. The lowest BCUT2D eigenvalue weighted by Crippen LogP contribution is -2.14. The van der Waals surface area contributed by atoms with Gasteiger partial charge in [-0.1, -0.05) is 6.07 Å². The average molecular weight is 300 g/mol. The summed E-state index contributed by atoms with van der Waals surface area (Å²) in [4.78, 5) is 12.5. The predicted molar refractivity (Wildman–Crippen MR) is 80.0 cm³/mol. The molecular weight excluding hydrogens is 286 g/mol. The highest BCUT2D eigenvalue weighted by Gasteiger charge is 2.23. The summed E-state index contributed by atoms with van der Waals surface area (Å²) in [6.45, 7) is 0. The number of benzene rings is 2. The summed E-state index contributed by atoms with van der Waals surface area (Å²) in [7, 11) is 1.57. The van der Waals surface area contributed by atoms with E-state index in [-0.39, 0.29) is 11.3 Å². The van der Waals surface area contributed by atoms with Gasteiger partial charge in [-0.2, -0.15) is 0 Å². The molecule has 2 aromatic rings. The monoisotopic (exact) mass is 300 g/mol. The van der Waals surface area contributed by atoms with E-state index in [2.05, 4.69) is 0 Å². The molecule has 22 heavy (non-hydrogen) atoms. The number of hydrogen-bond acceptors (Lipinski definition) is 2. The van der Waals surface area contributed by atoms with Crippen molar-refractivity contribution in [2.24, 2.45) is 0 Å². The quantitative estimate of drug-likeness (QED) is 0.778. The Hall–Kier alpha value is -2.49. The summed E-state index contributed by atoms with van der Waals surface area (Å²) in [5.74, 6) is -0.827. The lowest BCUT2D eigenvalue weighted by molar-refractivity contribution is 0.102. The number of hydrogen-bond donors (Lipinski definition) is 0. The molecule has 0 aromatic heterocycles. The van der Waals surface area contributed by atoms with E-state index in [1.165, 1.54) is 24.3 Å². The number of carbonyl (C=O) groups excluding carboxylic acids is 1. The van der Waals surface area contributed by atoms with E-state index in [4.69, 9.17) is 4.74 Å². The summed E-state index contributed by atoms with van der Waals surface area (Å²) in [5.41, 5.74) is 1.72. The molecule has 0 saturated heterocycles. The first kappa shape index (κ1) is 14.4. The highest BCUT2D eigenvalue weighted by molar-refractivity contribution is 6.13. The van der Waals surface area contributed by atoms with Crippen molar-refractivity contribution in [3.8, 4) is 5.75 Å². The lowest BCUT2D eigenvalue weighted by Gasteiger charge is -2.18. The number of ketones is 1. The van der Waals surface area contributed by atoms with E-state index in [1.807, 2.05) is 6.07 Å². The summed E-state index contributed by atoms with van der Waals surface area (Å²) >= 11 is 0. The van der Waals surface area contributed by atoms with Crippen LogP contribution in [0.5, 0.6) is 5.75 Å². The predicted octanol–water partition coefficient (Wildman–Crippen LogP) is 4.19. The second-order valence-corrected chi connectivity index (χ2v) is 5.16. The van der Waals surface area contributed by atoms with E-state index in [0.717, 1.165) is 5.56 Å². The van der Waals surface area contributed by atoms with Gasteiger partial charge in [-0.05, 0) is 54.8 Å². The van der Waals surface area contributed by atoms with Gasteiger partial charge in [0.25, 0.3) is 0 Å². The number of aryl methyl sites for hydroxylation is 1. The molecule has 0 aliphatic heterocycles. The molecular formula is C18H14F2O2. The van der Waals surface area contributed by atoms with Gasteiger partial charge in [0, 0.05) is 16.7 Å². The van der Waals surface area contributed by atoms with Gasteiger partial charge in [0.1, 0.15) is 17.4 Å². The van der Waals surface area contributed by atoms with Crippen molar-refractivity contribution in [2.45, 2.75) is 12.8 Å². The van der Waals surface area contributed by atoms with Gasteiger partial charge in [-0.15, -0.1) is 0 Å². The Morgan fingerprint density at radius 2 is 1.82 bits per heavy atom. The fourth-order valence-corrected chi connectivity index (χ4v) is 2.64. The molecule has 1 aliphatic carbocycles. The van der Waals surface area contributed by atoms with Crippen molar-refractivity contribution in [1.29, 1.82) is 0 Å². The minimum atomic E-state index is -0.666. The minimum Gasteiger partial charge on any atom is -0.497 e. The normalized spacial score (nSPS) is 15.8. The number of methoxy groups -OCH3 is 1. The lowest BCUT2D eigenvalue weighted by atomic mass is 9.86. The number of allylic oxidation sites excluding steroid dienone is 1. The maximum Gasteiger partial charge on any atom is 0.189 e. The highest BCUT2D eigenvalue weighted by atomic mass is 19.1. The molecule has 0 radical (unpaired) electrons. The summed E-state index contributed by atoms with van der Waals surface area (Å²) in [5, 5.41) is 0. The van der Waals surface area contributed by atoms with Gasteiger partial charge in [-0.3, -0.25) is 4.79 Å². The second kappa shape index (κ2) is 5.72. The van der Waals surface area contributed by atoms with Crippen molar-refractivity contribution in [3.05, 3.63) is 70.3 Å². The van der Waals surface area contributed by atoms with Crippen molar-refractivity contribution in [3.63, 3.8) is 0 Å². The fraction of sp³-hybridized carbons (Fsp3) is 0.167. The van der Waals surface area contributed by atoms with Crippen LogP contribution in [0.15, 0.2) is 42.0 Å². The molecule has 0 unspecified atom stereocenters. The van der Waals surface area contributed by atoms with E-state index < -0.39 is 11.6 Å². The minimum absolute atomic E-state index is 0.164. The van der Waals surface area contributed by atoms with Crippen LogP contribution >= 0.6 is 0 Å². The van der Waals surface area contributed by atoms with Crippen LogP contribution in [-0.4, -0.2) is 12.9 Å². The number of ether oxygens (including phenoxy) is 1. The van der Waals surface area contributed by atoms with Crippen LogP contribution < -0.4 is 4.74 Å². The molecule has 0 heterocycles. The number of fused-ring (bicyclic) bond motifs is 1. The van der Waals surface area contributed by atoms with Crippen molar-refractivity contribution in [2.75, 3.05) is 7.11 Å². The molecule has 2 nitrogen and oxygen atoms in total. The first-order valence-corrected chi connectivity index (χ1v) is 6.96. The molecule has 0 amide bonds. The second-order valence-electron chi connectivity index (χ2n) is 5.16. The Balaban J connectivity index is 2.01. The Labute approximate surface area is 127 Å². The zero-order valence-corrected chi connectivity index (χ0v) is 12.0. The average Bonchev–Trinajstić information content (AvgIpc) is 2.52. The van der Waals surface area contributed by atoms with Crippen LogP contribution in [0.2, 0.25) is 0 Å². The van der Waals surface area contributed by atoms with E-state index in [9.17, 15) is 13.6 Å². The molecule has 0 spiro atoms. The first-order chi connectivity index (χ1) is 10.6. The Morgan fingerprint density at radius 3 is 2.50 bits per heavy atom. The molecule has 0 bridgehead atoms. The van der Waals surface area contributed by atoms with Crippen LogP contribution in [0.25, 0.3) is 6.08 Å². The highest BCUT2D eigenvalue weighted by Crippen LogP contribution is 2.30. The smallest absolute Gasteiger partial charge is 0.189 e. The largest absolute Gasteiger partial charge is 0.497 e. The molecule has 0 fully saturated rings. The molecule has 0 atom stereocenters. The topological polar surface area (TPSA) is 26.3 Å². The van der Waals surface area contributed by atoms with Crippen LogP contribution in [0.3, 0.4) is 0 Å². The standard InChI is InChI=1S/C18H14F2O2/c1-22-13-7-8-14-11(9-13)5-6-12(18(14)21)10-15-16(19)3-2-4-17(15)20/h2-4,7-10H,5-6H2,1H3/b12-10-. The van der Waals surface area contributed by atoms with Crippen molar-refractivity contribution in [1.82, 2.24) is 0 Å². The van der Waals surface area contributed by atoms with Gasteiger partial charge < -0.3 is 4.74 Å². The fourth-order valence-electron chi connectivity index (χ4n) is 2.64. The Kier molecular flexibility index (Phi) is 3.75. The number of Topliss-reactive ketones (excluding diaryl/α,β-unsaturated/α-hetero) is 1. The zero-order valence-electron chi connectivity index (χ0n) is 12.0. The first-order valence-electron chi connectivity index (χ1n) is 6.96. The maximum atomic E-state index is 13.7. The number of carbonyl (C=O) groups is 1. The van der Waals surface area contributed by atoms with E-state index >= 15 is 0 Å². The van der Waals surface area contributed by atoms with Gasteiger partial charge in [-0.25, -0.2) is 8.78 Å². The number of rotatable bonds is 2. The summed E-state index contributed by atoms with van der Waals surface area (Å²) < 4.78 is 32.6. The maximum absolute atomic E-state index is 13.7. The van der Waals surface area contributed by atoms with Crippen molar-refractivity contribution >= 4 is 11.9 Å². The molecule has 0 saturated carbocycles. The third-order valence-corrected chi connectivity index (χ3v) is 3.83. The van der Waals surface area contributed by atoms with Crippen LogP contribution in [-0.2, 0) is 6.42 Å². The van der Waals surface area contributed by atoms with Crippen LogP contribution in [0.4, 0.5) is 8.78 Å². The van der Waals surface area contributed by atoms with Gasteiger partial charge in [0.15, 0.2) is 5.78 Å². The molecule has 0 N–H and O–H groups in total. The van der Waals surface area contributed by atoms with Crippen molar-refractivity contribution < 1.29 is 18.3 Å². The van der Waals surface area contributed by atoms with Crippen LogP contribution in [0, 0.1) is 11.6 Å². The zero-order chi connectivity index (χ0) is 15.7. The Bertz CT molecular complexity index is 758. The van der Waals surface area contributed by atoms with Crippen LogP contribution in [0.1, 0.15) is 27.9 Å². The molecule has 2 aromatic carbocycles. The SMILES string of the molecule is COc1ccc2c(c1)CC/C(=C/c1c(F)cccc1F)C2=O. The van der Waals surface area contributed by atoms with Gasteiger partial charge in [0.2, 0.25) is 0 Å². The third-order valence-electron chi connectivity index (χ3n) is 3.83. The molecule has 112 valence electrons. The Morgan fingerprint density at radius 1 is 1.09 bits per heavy atom. The van der Waals surface area contributed by atoms with Gasteiger partial charge >= 0.3 is 0 Å².